The maximum atomic E-state index is 5.60. The molecule has 0 saturated carbocycles. The van der Waals surface area contributed by atoms with Gasteiger partial charge in [0.25, 0.3) is 0 Å². The van der Waals surface area contributed by atoms with Gasteiger partial charge in [-0.3, -0.25) is 0 Å². The molecule has 0 spiro atoms. The Morgan fingerprint density at radius 1 is 1.45 bits per heavy atom. The van der Waals surface area contributed by atoms with Crippen LogP contribution in [0.1, 0.15) is 22.9 Å². The summed E-state index contributed by atoms with van der Waals surface area (Å²) < 4.78 is 0. The normalized spacial score (nSPS) is 12.4. The van der Waals surface area contributed by atoms with E-state index in [1.807, 2.05) is 17.5 Å². The Hall–Kier alpha value is -1.39. The van der Waals surface area contributed by atoms with Crippen LogP contribution in [0.2, 0.25) is 0 Å². The molecule has 1 unspecified atom stereocenters. The van der Waals surface area contributed by atoms with E-state index in [0.717, 1.165) is 18.7 Å². The van der Waals surface area contributed by atoms with E-state index in [1.54, 1.807) is 0 Å². The number of nitrogens with zero attached hydrogens (tertiary/aromatic N) is 2. The number of anilines is 1. The summed E-state index contributed by atoms with van der Waals surface area (Å²) in [5.41, 5.74) is 8.03. The first-order valence-electron chi connectivity index (χ1n) is 7.02. The van der Waals surface area contributed by atoms with E-state index >= 15 is 0 Å². The fourth-order valence-electron chi connectivity index (χ4n) is 2.36. The lowest BCUT2D eigenvalue weighted by atomic mass is 10.1. The van der Waals surface area contributed by atoms with E-state index < -0.39 is 0 Å². The minimum absolute atomic E-state index is 0.431. The molecule has 0 radical (unpaired) electrons. The maximum absolute atomic E-state index is 5.60. The average Bonchev–Trinajstić information content (AvgIpc) is 2.91. The van der Waals surface area contributed by atoms with Gasteiger partial charge in [-0.05, 0) is 49.4 Å². The van der Waals surface area contributed by atoms with Gasteiger partial charge in [-0.15, -0.1) is 11.3 Å². The number of aromatic nitrogens is 1. The summed E-state index contributed by atoms with van der Waals surface area (Å²) in [6.45, 7) is 5.04. The van der Waals surface area contributed by atoms with Gasteiger partial charge in [-0.2, -0.15) is 0 Å². The molecular formula is C16H23N3S. The van der Waals surface area contributed by atoms with Crippen molar-refractivity contribution >= 4 is 17.2 Å². The van der Waals surface area contributed by atoms with Gasteiger partial charge in [-0.25, -0.2) is 4.98 Å². The quantitative estimate of drug-likeness (QED) is 0.889. The van der Waals surface area contributed by atoms with Crippen molar-refractivity contribution < 1.29 is 0 Å². The topological polar surface area (TPSA) is 42.1 Å². The van der Waals surface area contributed by atoms with Crippen molar-refractivity contribution in [2.45, 2.75) is 32.7 Å². The summed E-state index contributed by atoms with van der Waals surface area (Å²) in [5.74, 6) is 1.06. The molecule has 20 heavy (non-hydrogen) atoms. The summed E-state index contributed by atoms with van der Waals surface area (Å²) >= 11 is 1.82. The monoisotopic (exact) mass is 289 g/mol. The molecule has 1 atom stereocenters. The molecule has 0 aliphatic rings. The number of nitrogens with two attached hydrogens (primary N) is 1. The van der Waals surface area contributed by atoms with Crippen LogP contribution in [0.3, 0.4) is 0 Å². The Kier molecular flexibility index (Phi) is 5.15. The predicted octanol–water partition coefficient (Wildman–Crippen LogP) is 3.02. The number of thiophene rings is 1. The van der Waals surface area contributed by atoms with E-state index in [-0.39, 0.29) is 0 Å². The number of pyridine rings is 1. The van der Waals surface area contributed by atoms with Gasteiger partial charge in [0.2, 0.25) is 0 Å². The van der Waals surface area contributed by atoms with E-state index in [9.17, 15) is 0 Å². The Balaban J connectivity index is 2.09. The standard InChI is InChI=1S/C16H23N3S/c1-12-9-14(6-7-17)11-18-16(12)19(3)13(2)10-15-5-4-8-20-15/h4-5,8-9,11,13H,6-7,10,17H2,1-3H3. The van der Waals surface area contributed by atoms with Crippen molar-refractivity contribution in [3.8, 4) is 0 Å². The first-order chi connectivity index (χ1) is 9.61. The predicted molar refractivity (Wildman–Crippen MR) is 87.6 cm³/mol. The Labute approximate surface area is 125 Å². The van der Waals surface area contributed by atoms with Crippen molar-refractivity contribution in [1.29, 1.82) is 0 Å². The second kappa shape index (κ2) is 6.86. The molecule has 0 fully saturated rings. The third kappa shape index (κ3) is 3.58. The maximum Gasteiger partial charge on any atom is 0.131 e. The lowest BCUT2D eigenvalue weighted by molar-refractivity contribution is 0.678. The molecule has 108 valence electrons. The van der Waals surface area contributed by atoms with Crippen molar-refractivity contribution in [2.75, 3.05) is 18.5 Å². The summed E-state index contributed by atoms with van der Waals surface area (Å²) in [4.78, 5) is 8.30. The molecule has 4 heteroatoms. The van der Waals surface area contributed by atoms with Crippen LogP contribution in [0.25, 0.3) is 0 Å². The third-order valence-electron chi connectivity index (χ3n) is 3.61. The van der Waals surface area contributed by atoms with Gasteiger partial charge in [0.1, 0.15) is 5.82 Å². The van der Waals surface area contributed by atoms with Crippen molar-refractivity contribution in [3.05, 3.63) is 45.8 Å². The zero-order valence-corrected chi connectivity index (χ0v) is 13.3. The van der Waals surface area contributed by atoms with E-state index in [4.69, 9.17) is 5.73 Å². The van der Waals surface area contributed by atoms with Crippen molar-refractivity contribution in [2.24, 2.45) is 5.73 Å². The zero-order chi connectivity index (χ0) is 14.5. The summed E-state index contributed by atoms with van der Waals surface area (Å²) in [6, 6.07) is 6.93. The number of hydrogen-bond acceptors (Lipinski definition) is 4. The van der Waals surface area contributed by atoms with Crippen LogP contribution < -0.4 is 10.6 Å². The van der Waals surface area contributed by atoms with Crippen LogP contribution in [0.4, 0.5) is 5.82 Å². The molecule has 0 aromatic carbocycles. The highest BCUT2D eigenvalue weighted by Crippen LogP contribution is 2.21. The van der Waals surface area contributed by atoms with Crippen LogP contribution in [0.5, 0.6) is 0 Å². The first kappa shape index (κ1) is 15.0. The highest BCUT2D eigenvalue weighted by atomic mass is 32.1. The fraction of sp³-hybridized carbons (Fsp3) is 0.438. The highest BCUT2D eigenvalue weighted by molar-refractivity contribution is 7.09. The molecule has 0 aliphatic carbocycles. The van der Waals surface area contributed by atoms with Crippen LogP contribution in [-0.4, -0.2) is 24.6 Å². The Morgan fingerprint density at radius 2 is 2.25 bits per heavy atom. The van der Waals surface area contributed by atoms with Crippen LogP contribution >= 0.6 is 11.3 Å². The SMILES string of the molecule is Cc1cc(CCN)cnc1N(C)C(C)Cc1cccs1. The molecule has 2 aromatic heterocycles. The number of rotatable bonds is 6. The van der Waals surface area contributed by atoms with Gasteiger partial charge in [0, 0.05) is 30.6 Å². The van der Waals surface area contributed by atoms with Crippen LogP contribution in [-0.2, 0) is 12.8 Å². The molecular weight excluding hydrogens is 266 g/mol. The number of hydrogen-bond donors (Lipinski definition) is 1. The first-order valence-corrected chi connectivity index (χ1v) is 7.90. The zero-order valence-electron chi connectivity index (χ0n) is 12.5. The van der Waals surface area contributed by atoms with Crippen LogP contribution in [0, 0.1) is 6.92 Å². The lowest BCUT2D eigenvalue weighted by Crippen LogP contribution is -2.31. The Bertz CT molecular complexity index is 537. The molecule has 2 heterocycles. The van der Waals surface area contributed by atoms with Gasteiger partial charge < -0.3 is 10.6 Å². The van der Waals surface area contributed by atoms with Crippen LogP contribution in [0.15, 0.2) is 29.8 Å². The summed E-state index contributed by atoms with van der Waals surface area (Å²) in [7, 11) is 2.12. The number of likely N-dealkylation sites (N-methyl/N-ethyl adjacent to an activating group) is 1. The smallest absolute Gasteiger partial charge is 0.131 e. The average molecular weight is 289 g/mol. The minimum Gasteiger partial charge on any atom is -0.356 e. The molecule has 3 nitrogen and oxygen atoms in total. The molecule has 2 aromatic rings. The summed E-state index contributed by atoms with van der Waals surface area (Å²) in [5, 5.41) is 2.13. The van der Waals surface area contributed by atoms with Gasteiger partial charge in [0.05, 0.1) is 0 Å². The molecule has 0 saturated heterocycles. The molecule has 2 N–H and O–H groups in total. The molecule has 0 bridgehead atoms. The summed E-state index contributed by atoms with van der Waals surface area (Å²) in [6.07, 6.45) is 3.89. The molecule has 0 amide bonds. The lowest BCUT2D eigenvalue weighted by Gasteiger charge is -2.27. The van der Waals surface area contributed by atoms with E-state index in [2.05, 4.69) is 54.4 Å². The van der Waals surface area contributed by atoms with Gasteiger partial charge >= 0.3 is 0 Å². The molecule has 2 rings (SSSR count). The van der Waals surface area contributed by atoms with Gasteiger partial charge in [0.15, 0.2) is 0 Å². The van der Waals surface area contributed by atoms with E-state index in [1.165, 1.54) is 16.0 Å². The second-order valence-electron chi connectivity index (χ2n) is 5.27. The number of aryl methyl sites for hydroxylation is 1. The minimum atomic E-state index is 0.431. The van der Waals surface area contributed by atoms with Crippen molar-refractivity contribution in [3.63, 3.8) is 0 Å². The third-order valence-corrected chi connectivity index (χ3v) is 4.51. The fourth-order valence-corrected chi connectivity index (χ4v) is 3.19. The van der Waals surface area contributed by atoms with Gasteiger partial charge in [-0.1, -0.05) is 12.1 Å². The largest absolute Gasteiger partial charge is 0.356 e. The highest BCUT2D eigenvalue weighted by Gasteiger charge is 2.14. The molecule has 0 aliphatic heterocycles. The Morgan fingerprint density at radius 3 is 2.85 bits per heavy atom. The van der Waals surface area contributed by atoms with Crippen molar-refractivity contribution in [1.82, 2.24) is 4.98 Å². The van der Waals surface area contributed by atoms with E-state index in [0.29, 0.717) is 12.6 Å². The second-order valence-corrected chi connectivity index (χ2v) is 6.30.